The van der Waals surface area contributed by atoms with Gasteiger partial charge >= 0.3 is 200 Å². The maximum atomic E-state index is 12.7. The van der Waals surface area contributed by atoms with Crippen LogP contribution < -0.4 is 21.3 Å². The third-order valence-electron chi connectivity index (χ3n) is 6.74. The van der Waals surface area contributed by atoms with Crippen LogP contribution in [0.25, 0.3) is 5.65 Å². The molecule has 0 bridgehead atoms. The molecule has 0 N–H and O–H groups in total. The van der Waals surface area contributed by atoms with Crippen molar-refractivity contribution in [3.63, 3.8) is 0 Å². The van der Waals surface area contributed by atoms with Crippen LogP contribution in [0.5, 0.6) is 0 Å². The quantitative estimate of drug-likeness (QED) is 0.225. The van der Waals surface area contributed by atoms with E-state index in [2.05, 4.69) is 79.5 Å². The minimum absolute atomic E-state index is 0. The molecule has 0 amide bonds. The van der Waals surface area contributed by atoms with Crippen LogP contribution in [-0.2, 0) is 4.74 Å². The number of fused-ring (bicyclic) bond motifs is 1. The molecule has 0 aliphatic heterocycles. The van der Waals surface area contributed by atoms with E-state index in [0.717, 1.165) is 11.1 Å². The van der Waals surface area contributed by atoms with Gasteiger partial charge in [-0.2, -0.15) is 0 Å². The molecule has 2 heterocycles. The average molecular weight is 547 g/mol. The Kier molecular flexibility index (Phi) is 6.93. The van der Waals surface area contributed by atoms with Gasteiger partial charge in [0, 0.05) is 0 Å². The zero-order chi connectivity index (χ0) is 23.6. The Hall–Kier alpha value is -3.27. The van der Waals surface area contributed by atoms with Gasteiger partial charge in [0.1, 0.15) is 0 Å². The number of carbonyl (C=O) groups excluding carboxylic acids is 1. The molecule has 0 saturated carbocycles. The van der Waals surface area contributed by atoms with Crippen LogP contribution in [0.3, 0.4) is 0 Å². The number of hydrogen-bond acceptors (Lipinski definition) is 3. The Labute approximate surface area is 216 Å². The second-order valence-corrected chi connectivity index (χ2v) is 13.7. The van der Waals surface area contributed by atoms with Crippen molar-refractivity contribution in [2.45, 2.75) is 6.92 Å². The zero-order valence-corrected chi connectivity index (χ0v) is 22.4. The summed E-state index contributed by atoms with van der Waals surface area (Å²) in [6.45, 7) is 1.23. The fourth-order valence-corrected chi connectivity index (χ4v) is 10.1. The van der Waals surface area contributed by atoms with Gasteiger partial charge in [-0.1, -0.05) is 0 Å². The summed E-state index contributed by atoms with van der Waals surface area (Å²) >= 11 is 0. The summed E-state index contributed by atoms with van der Waals surface area (Å²) in [6.07, 6.45) is 2.03. The molecule has 0 spiro atoms. The second-order valence-electron chi connectivity index (χ2n) is 8.53. The maximum absolute atomic E-state index is 12.7. The summed E-state index contributed by atoms with van der Waals surface area (Å²) in [5.41, 5.74) is 2.14. The summed E-state index contributed by atoms with van der Waals surface area (Å²) in [4.78, 5) is 17.9. The third kappa shape index (κ3) is 3.80. The second kappa shape index (κ2) is 9.77. The fourth-order valence-electron chi connectivity index (χ4n) is 4.88. The number of rotatable bonds is 6. The van der Waals surface area contributed by atoms with Crippen LogP contribution in [-0.4, -0.2) is 28.6 Å². The van der Waals surface area contributed by atoms with E-state index in [1.807, 2.05) is 47.9 Å². The van der Waals surface area contributed by atoms with Crippen molar-refractivity contribution >= 4 is 56.5 Å². The number of imidazole rings is 1. The topological polar surface area (TPSA) is 43.6 Å². The molecule has 0 radical (unpaired) electrons. The predicted molar refractivity (Wildman–Crippen MR) is 152 cm³/mol. The van der Waals surface area contributed by atoms with E-state index in [0.29, 0.717) is 12.3 Å². The summed E-state index contributed by atoms with van der Waals surface area (Å²) in [5, 5.41) is 3.64. The number of hydrogen-bond donors (Lipinski definition) is 0. The van der Waals surface area contributed by atoms with Crippen molar-refractivity contribution in [3.8, 4) is 0 Å². The zero-order valence-electron chi connectivity index (χ0n) is 19.7. The van der Waals surface area contributed by atoms with E-state index < -0.39 is 6.60 Å². The molecule has 178 valence electrons. The van der Waals surface area contributed by atoms with Gasteiger partial charge in [0.2, 0.25) is 0 Å². The molecule has 3 aromatic carbocycles. The Morgan fingerprint density at radius 2 is 1.26 bits per heavy atom. The van der Waals surface area contributed by atoms with E-state index in [1.54, 1.807) is 6.07 Å². The van der Waals surface area contributed by atoms with Crippen LogP contribution in [0.2, 0.25) is 0 Å². The summed E-state index contributed by atoms with van der Waals surface area (Å²) in [6, 6.07) is 37.5. The Bertz CT molecular complexity index is 1350. The van der Waals surface area contributed by atoms with Crippen molar-refractivity contribution in [2.75, 3.05) is 13.3 Å². The molecule has 0 aliphatic rings. The van der Waals surface area contributed by atoms with Gasteiger partial charge in [-0.25, -0.2) is 0 Å². The number of carbonyl (C=O) groups is 1. The molecule has 0 fully saturated rings. The molecule has 0 unspecified atom stereocenters. The predicted octanol–water partition coefficient (Wildman–Crippen LogP) is 4.87. The normalized spacial score (nSPS) is 12.3. The molecule has 6 heteroatoms. The molecule has 5 rings (SSSR count). The monoisotopic (exact) mass is 546 g/mol. The van der Waals surface area contributed by atoms with Gasteiger partial charge in [0.25, 0.3) is 0 Å². The summed E-state index contributed by atoms with van der Waals surface area (Å²) in [5.74, 6) is -0.354. The first kappa shape index (κ1) is 24.8. The Morgan fingerprint density at radius 1 is 0.771 bits per heavy atom. The molecule has 0 aliphatic carbocycles. The summed E-state index contributed by atoms with van der Waals surface area (Å²) < 4.78 is 7.20. The first-order chi connectivity index (χ1) is 16.6. The van der Waals surface area contributed by atoms with Crippen LogP contribution in [0.4, 0.5) is 0 Å². The van der Waals surface area contributed by atoms with Crippen molar-refractivity contribution < 1.29 is 9.53 Å². The number of pyridine rings is 1. The molecule has 5 aromatic rings. The van der Waals surface area contributed by atoms with E-state index in [-0.39, 0.29) is 23.0 Å². The SMILES string of the molecule is Br.CCOC(=O)c1cccc2nc(P(C)(c3ccccc3)(c3ccccc3)c3ccccc3)cn12. The molecular formula is C29H28BrN2O2P. The van der Waals surface area contributed by atoms with Gasteiger partial charge in [-0.3, -0.25) is 0 Å². The van der Waals surface area contributed by atoms with Gasteiger partial charge in [-0.05, 0) is 0 Å². The van der Waals surface area contributed by atoms with E-state index in [1.165, 1.54) is 15.9 Å². The van der Waals surface area contributed by atoms with Crippen molar-refractivity contribution in [1.82, 2.24) is 9.38 Å². The van der Waals surface area contributed by atoms with Crippen molar-refractivity contribution in [1.29, 1.82) is 0 Å². The third-order valence-corrected chi connectivity index (χ3v) is 12.9. The molecule has 0 atom stereocenters. The van der Waals surface area contributed by atoms with Crippen LogP contribution in [0.1, 0.15) is 17.4 Å². The van der Waals surface area contributed by atoms with Gasteiger partial charge in [0.15, 0.2) is 0 Å². The van der Waals surface area contributed by atoms with Crippen molar-refractivity contribution in [2.24, 2.45) is 0 Å². The van der Waals surface area contributed by atoms with E-state index >= 15 is 0 Å². The number of halogens is 1. The van der Waals surface area contributed by atoms with Gasteiger partial charge in [0.05, 0.1) is 0 Å². The van der Waals surface area contributed by atoms with Crippen LogP contribution in [0.15, 0.2) is 115 Å². The van der Waals surface area contributed by atoms with Crippen molar-refractivity contribution in [3.05, 3.63) is 121 Å². The fraction of sp³-hybridized carbons (Fsp3) is 0.103. The van der Waals surface area contributed by atoms with Crippen LogP contribution in [0, 0.1) is 0 Å². The van der Waals surface area contributed by atoms with E-state index in [4.69, 9.17) is 9.72 Å². The van der Waals surface area contributed by atoms with Crippen LogP contribution >= 0.6 is 23.6 Å². The minimum atomic E-state index is -3.27. The molecule has 4 nitrogen and oxygen atoms in total. The van der Waals surface area contributed by atoms with E-state index in [9.17, 15) is 4.79 Å². The Balaban J connectivity index is 0.00000289. The average Bonchev–Trinajstić information content (AvgIpc) is 3.35. The molecular weight excluding hydrogens is 519 g/mol. The first-order valence-corrected chi connectivity index (χ1v) is 14.1. The number of nitrogens with zero attached hydrogens (tertiary/aromatic N) is 2. The molecule has 2 aromatic heterocycles. The van der Waals surface area contributed by atoms with Gasteiger partial charge in [-0.15, -0.1) is 17.0 Å². The van der Waals surface area contributed by atoms with Gasteiger partial charge < -0.3 is 0 Å². The standard InChI is InChI=1S/C29H27N2O2P.BrH/c1-3-33-29(32)26-20-13-21-27-30-28(22-31(26)27)34(2,23-14-7-4-8-15-23,24-16-9-5-10-17-24)25-18-11-6-12-19-25;/h4-22H,3H2,1-2H3;1H. The molecule has 35 heavy (non-hydrogen) atoms. The first-order valence-electron chi connectivity index (χ1n) is 11.4. The summed E-state index contributed by atoms with van der Waals surface area (Å²) in [7, 11) is 0. The Morgan fingerprint density at radius 3 is 1.71 bits per heavy atom. The number of ether oxygens (including phenoxy) is 1. The number of aromatic nitrogens is 2. The number of benzene rings is 3. The molecule has 0 saturated heterocycles. The number of esters is 1.